The van der Waals surface area contributed by atoms with E-state index in [1.54, 1.807) is 42.5 Å². The number of carbonyl (C=O) groups excluding carboxylic acids is 3. The summed E-state index contributed by atoms with van der Waals surface area (Å²) in [7, 11) is 1.53. The van der Waals surface area contributed by atoms with Crippen LogP contribution < -0.4 is 19.8 Å². The Bertz CT molecular complexity index is 1730. The number of rotatable bonds is 6. The Labute approximate surface area is 242 Å². The fraction of sp³-hybridized carbons (Fsp3) is 0.200. The number of aromatic nitrogens is 1. The first kappa shape index (κ1) is 27.0. The summed E-state index contributed by atoms with van der Waals surface area (Å²) in [5, 5.41) is 2.44. The Morgan fingerprint density at radius 2 is 1.73 bits per heavy atom. The fourth-order valence-corrected chi connectivity index (χ4v) is 8.11. The third-order valence-corrected chi connectivity index (χ3v) is 9.82. The number of thiazole rings is 1. The van der Waals surface area contributed by atoms with Crippen molar-refractivity contribution >= 4 is 52.2 Å². The molecule has 1 aromatic heterocycles. The number of amides is 3. The largest absolute Gasteiger partial charge is 0.497 e. The lowest BCUT2D eigenvalue weighted by Crippen LogP contribution is -2.33. The van der Waals surface area contributed by atoms with Crippen LogP contribution in [-0.2, 0) is 20.9 Å². The van der Waals surface area contributed by atoms with Crippen molar-refractivity contribution < 1.29 is 23.5 Å². The van der Waals surface area contributed by atoms with Gasteiger partial charge in [0.1, 0.15) is 23.4 Å². The van der Waals surface area contributed by atoms with Crippen molar-refractivity contribution in [2.24, 2.45) is 5.92 Å². The Kier molecular flexibility index (Phi) is 7.00. The molecule has 3 amide bonds. The molecule has 0 aliphatic carbocycles. The van der Waals surface area contributed by atoms with E-state index in [1.807, 2.05) is 25.1 Å². The second-order valence-corrected chi connectivity index (χ2v) is 12.0. The SMILES string of the molecule is COc1ccc(N2C(=O)[C@H]3[C@H](c4ccc(F)cc4)c4sc(=O)n(CC(=O)Nc5cccc(C)c5)c4S[C@H]3C2=O)cc1. The van der Waals surface area contributed by atoms with E-state index in [0.29, 0.717) is 32.6 Å². The van der Waals surface area contributed by atoms with Crippen LogP contribution in [0.4, 0.5) is 15.8 Å². The minimum atomic E-state index is -0.841. The van der Waals surface area contributed by atoms with Gasteiger partial charge in [0.2, 0.25) is 17.7 Å². The average molecular weight is 590 g/mol. The normalized spacial score (nSPS) is 19.6. The zero-order chi connectivity index (χ0) is 28.8. The Balaban J connectivity index is 1.40. The molecule has 2 aliphatic rings. The maximum atomic E-state index is 13.9. The lowest BCUT2D eigenvalue weighted by Gasteiger charge is -2.30. The number of ether oxygens (including phenoxy) is 1. The number of aryl methyl sites for hydroxylation is 1. The number of imide groups is 1. The first-order valence-electron chi connectivity index (χ1n) is 12.8. The molecule has 3 heterocycles. The van der Waals surface area contributed by atoms with Crippen molar-refractivity contribution in [2.75, 3.05) is 17.3 Å². The van der Waals surface area contributed by atoms with Gasteiger partial charge in [-0.05, 0) is 66.6 Å². The van der Waals surface area contributed by atoms with Gasteiger partial charge in [0.15, 0.2) is 0 Å². The first-order valence-corrected chi connectivity index (χ1v) is 14.5. The van der Waals surface area contributed by atoms with E-state index in [-0.39, 0.29) is 11.4 Å². The van der Waals surface area contributed by atoms with Gasteiger partial charge in [0.05, 0.1) is 23.7 Å². The summed E-state index contributed by atoms with van der Waals surface area (Å²) in [5.74, 6) is -2.56. The molecule has 0 bridgehead atoms. The molecule has 3 aromatic carbocycles. The highest BCUT2D eigenvalue weighted by atomic mass is 32.2. The Hall–Kier alpha value is -4.22. The standard InChI is InChI=1S/C30H24FN3O5S2/c1-16-4-3-5-19(14-16)32-22(35)15-33-29-26(41-30(33)38)23(17-6-8-18(31)9-7-17)24-25(40-29)28(37)34(27(24)36)20-10-12-21(39-2)13-11-20/h3-14,23-25H,15H2,1-2H3,(H,32,35)/t23-,24-,25+/m0/s1. The highest BCUT2D eigenvalue weighted by Crippen LogP contribution is 2.53. The van der Waals surface area contributed by atoms with Crippen LogP contribution in [0.2, 0.25) is 0 Å². The van der Waals surface area contributed by atoms with E-state index >= 15 is 0 Å². The molecule has 41 heavy (non-hydrogen) atoms. The fourth-order valence-electron chi connectivity index (χ4n) is 5.34. The summed E-state index contributed by atoms with van der Waals surface area (Å²) in [6, 6.07) is 19.7. The van der Waals surface area contributed by atoms with Gasteiger partial charge < -0.3 is 10.1 Å². The van der Waals surface area contributed by atoms with Crippen molar-refractivity contribution in [3.05, 3.63) is 104 Å². The van der Waals surface area contributed by atoms with Crippen molar-refractivity contribution in [3.63, 3.8) is 0 Å². The van der Waals surface area contributed by atoms with Gasteiger partial charge in [-0.25, -0.2) is 9.29 Å². The Morgan fingerprint density at radius 1 is 1.00 bits per heavy atom. The summed E-state index contributed by atoms with van der Waals surface area (Å²) in [6.45, 7) is 1.65. The van der Waals surface area contributed by atoms with Crippen LogP contribution in [0.3, 0.4) is 0 Å². The molecule has 1 N–H and O–H groups in total. The number of hydrogen-bond donors (Lipinski definition) is 1. The molecule has 0 saturated carbocycles. The lowest BCUT2D eigenvalue weighted by atomic mass is 9.83. The molecular formula is C30H24FN3O5S2. The summed E-state index contributed by atoms with van der Waals surface area (Å²) < 4.78 is 20.4. The molecule has 3 atom stereocenters. The van der Waals surface area contributed by atoms with E-state index in [0.717, 1.165) is 28.7 Å². The van der Waals surface area contributed by atoms with Gasteiger partial charge in [0, 0.05) is 16.5 Å². The quantitative estimate of drug-likeness (QED) is 0.325. The number of carbonyl (C=O) groups is 3. The molecule has 1 fully saturated rings. The maximum Gasteiger partial charge on any atom is 0.308 e. The third-order valence-electron chi connectivity index (χ3n) is 7.21. The number of methoxy groups -OCH3 is 1. The highest BCUT2D eigenvalue weighted by Gasteiger charge is 2.56. The monoisotopic (exact) mass is 589 g/mol. The summed E-state index contributed by atoms with van der Waals surface area (Å²) in [6.07, 6.45) is 0. The third kappa shape index (κ3) is 4.85. The van der Waals surface area contributed by atoms with Crippen LogP contribution in [0.15, 0.2) is 82.6 Å². The second-order valence-electron chi connectivity index (χ2n) is 9.84. The number of thioether (sulfide) groups is 1. The smallest absolute Gasteiger partial charge is 0.308 e. The lowest BCUT2D eigenvalue weighted by molar-refractivity contribution is -0.122. The van der Waals surface area contributed by atoms with E-state index in [4.69, 9.17) is 4.74 Å². The van der Waals surface area contributed by atoms with E-state index in [1.165, 1.54) is 28.7 Å². The van der Waals surface area contributed by atoms with Gasteiger partial charge in [0.25, 0.3) is 0 Å². The minimum absolute atomic E-state index is 0.260. The number of nitrogens with zero attached hydrogens (tertiary/aromatic N) is 2. The molecule has 8 nitrogen and oxygen atoms in total. The molecule has 11 heteroatoms. The van der Waals surface area contributed by atoms with Gasteiger partial charge in [-0.15, -0.1) is 0 Å². The van der Waals surface area contributed by atoms with Gasteiger partial charge >= 0.3 is 4.87 Å². The van der Waals surface area contributed by atoms with Crippen LogP contribution >= 0.6 is 23.1 Å². The predicted octanol–water partition coefficient (Wildman–Crippen LogP) is 4.80. The zero-order valence-electron chi connectivity index (χ0n) is 22.0. The van der Waals surface area contributed by atoms with Crippen molar-refractivity contribution in [1.29, 1.82) is 0 Å². The summed E-state index contributed by atoms with van der Waals surface area (Å²) in [5.41, 5.74) is 2.60. The van der Waals surface area contributed by atoms with E-state index in [9.17, 15) is 23.6 Å². The predicted molar refractivity (Wildman–Crippen MR) is 155 cm³/mol. The molecule has 0 spiro atoms. The minimum Gasteiger partial charge on any atom is -0.497 e. The molecule has 6 rings (SSSR count). The summed E-state index contributed by atoms with van der Waals surface area (Å²) in [4.78, 5) is 55.3. The average Bonchev–Trinajstić information content (AvgIpc) is 3.40. The van der Waals surface area contributed by atoms with Gasteiger partial charge in [-0.2, -0.15) is 0 Å². The van der Waals surface area contributed by atoms with Crippen LogP contribution in [0.5, 0.6) is 5.75 Å². The van der Waals surface area contributed by atoms with E-state index < -0.39 is 40.6 Å². The van der Waals surface area contributed by atoms with Gasteiger partial charge in [-0.1, -0.05) is 47.4 Å². The van der Waals surface area contributed by atoms with Crippen LogP contribution in [0, 0.1) is 18.7 Å². The van der Waals surface area contributed by atoms with E-state index in [2.05, 4.69) is 5.32 Å². The number of nitrogens with one attached hydrogen (secondary N) is 1. The molecular weight excluding hydrogens is 565 g/mol. The molecule has 208 valence electrons. The number of fused-ring (bicyclic) bond motifs is 2. The van der Waals surface area contributed by atoms with Gasteiger partial charge in [-0.3, -0.25) is 23.7 Å². The molecule has 2 aliphatic heterocycles. The van der Waals surface area contributed by atoms with Crippen molar-refractivity contribution in [2.45, 2.75) is 29.7 Å². The second kappa shape index (κ2) is 10.6. The molecule has 4 aromatic rings. The highest BCUT2D eigenvalue weighted by molar-refractivity contribution is 8.00. The Morgan fingerprint density at radius 3 is 2.41 bits per heavy atom. The number of hydrogen-bond acceptors (Lipinski definition) is 7. The first-order chi connectivity index (χ1) is 19.7. The van der Waals surface area contributed by atoms with Crippen molar-refractivity contribution in [3.8, 4) is 5.75 Å². The summed E-state index contributed by atoms with van der Waals surface area (Å²) >= 11 is 2.07. The molecule has 0 radical (unpaired) electrons. The zero-order valence-corrected chi connectivity index (χ0v) is 23.6. The van der Waals surface area contributed by atoms with Crippen molar-refractivity contribution in [1.82, 2.24) is 4.57 Å². The number of benzene rings is 3. The van der Waals surface area contributed by atoms with Crippen LogP contribution in [-0.4, -0.2) is 34.6 Å². The molecule has 0 unspecified atom stereocenters. The number of anilines is 2. The van der Waals surface area contributed by atoms with Crippen LogP contribution in [0.1, 0.15) is 21.9 Å². The van der Waals surface area contributed by atoms with Crippen LogP contribution in [0.25, 0.3) is 0 Å². The number of halogens is 1. The topological polar surface area (TPSA) is 97.7 Å². The molecule has 1 saturated heterocycles. The maximum absolute atomic E-state index is 13.9.